The predicted molar refractivity (Wildman–Crippen MR) is 112 cm³/mol. The van der Waals surface area contributed by atoms with Gasteiger partial charge in [-0.25, -0.2) is 19.9 Å². The minimum Gasteiger partial charge on any atom is -0.389 e. The quantitative estimate of drug-likeness (QED) is 0.461. The van der Waals surface area contributed by atoms with E-state index < -0.39 is 6.10 Å². The summed E-state index contributed by atoms with van der Waals surface area (Å²) in [6, 6.07) is 7.13. The zero-order chi connectivity index (χ0) is 20.8. The van der Waals surface area contributed by atoms with E-state index >= 15 is 0 Å². The van der Waals surface area contributed by atoms with E-state index in [2.05, 4.69) is 30.2 Å². The molecule has 0 saturated carbocycles. The molecule has 5 rings (SSSR count). The Morgan fingerprint density at radius 3 is 2.97 bits per heavy atom. The number of halogens is 1. The lowest BCUT2D eigenvalue weighted by Crippen LogP contribution is -2.53. The third kappa shape index (κ3) is 3.12. The van der Waals surface area contributed by atoms with Crippen LogP contribution < -0.4 is 5.32 Å². The summed E-state index contributed by atoms with van der Waals surface area (Å²) in [5.41, 5.74) is 2.20. The first-order valence-electron chi connectivity index (χ1n) is 9.48. The van der Waals surface area contributed by atoms with Gasteiger partial charge < -0.3 is 20.3 Å². The number of aliphatic hydroxyl groups is 1. The number of amides is 1. The first-order chi connectivity index (χ1) is 14.5. The maximum atomic E-state index is 13.1. The number of rotatable bonds is 4. The number of hydrogen-bond donors (Lipinski definition) is 3. The van der Waals surface area contributed by atoms with Crippen molar-refractivity contribution < 1.29 is 9.90 Å². The van der Waals surface area contributed by atoms with Crippen LogP contribution in [-0.4, -0.2) is 60.0 Å². The number of nitrogens with zero attached hydrogens (tertiary/aromatic N) is 5. The molecule has 4 heterocycles. The first-order valence-corrected chi connectivity index (χ1v) is 9.86. The van der Waals surface area contributed by atoms with Crippen LogP contribution in [0, 0.1) is 0 Å². The van der Waals surface area contributed by atoms with Crippen molar-refractivity contribution in [3.63, 3.8) is 0 Å². The molecule has 1 amide bonds. The van der Waals surface area contributed by atoms with E-state index in [1.54, 1.807) is 17.3 Å². The van der Waals surface area contributed by atoms with Gasteiger partial charge in [0.25, 0.3) is 5.91 Å². The Morgan fingerprint density at radius 2 is 2.17 bits per heavy atom. The SMILES string of the molecule is CC(Nc1ncnc2nc[nH]c12)c1cc2cccc(Cl)c2c(C(=O)N2CC(O)C2)n1. The third-order valence-electron chi connectivity index (χ3n) is 5.20. The number of nitrogens with one attached hydrogen (secondary N) is 2. The van der Waals surface area contributed by atoms with Crippen molar-refractivity contribution in [3.05, 3.63) is 53.3 Å². The van der Waals surface area contributed by atoms with Gasteiger partial charge in [0.15, 0.2) is 11.5 Å². The molecule has 9 nitrogen and oxygen atoms in total. The number of β-amino-alcohol motifs (C(OH)–C–C–N with tert-alkyl or cyclic N) is 1. The van der Waals surface area contributed by atoms with Crippen molar-refractivity contribution in [2.75, 3.05) is 18.4 Å². The fourth-order valence-electron chi connectivity index (χ4n) is 3.59. The highest BCUT2D eigenvalue weighted by Gasteiger charge is 2.32. The molecule has 10 heteroatoms. The Morgan fingerprint density at radius 1 is 1.33 bits per heavy atom. The summed E-state index contributed by atoms with van der Waals surface area (Å²) in [7, 11) is 0. The summed E-state index contributed by atoms with van der Waals surface area (Å²) in [5.74, 6) is 0.349. The van der Waals surface area contributed by atoms with Crippen LogP contribution in [0.3, 0.4) is 0 Å². The van der Waals surface area contributed by atoms with E-state index in [1.807, 2.05) is 25.1 Å². The summed E-state index contributed by atoms with van der Waals surface area (Å²) in [6.07, 6.45) is 2.51. The van der Waals surface area contributed by atoms with Crippen molar-refractivity contribution in [3.8, 4) is 0 Å². The zero-order valence-electron chi connectivity index (χ0n) is 16.0. The number of pyridine rings is 1. The molecule has 3 N–H and O–H groups in total. The molecular formula is C20H18ClN7O2. The van der Waals surface area contributed by atoms with Gasteiger partial charge in [0.05, 0.1) is 29.2 Å². The standard InChI is InChI=1S/C20H18ClN7O2/c1-10(26-19-17-18(23-8-22-17)24-9-25-19)14-5-11-3-2-4-13(21)15(11)16(27-14)20(30)28-6-12(29)7-28/h2-5,8-10,12,29H,6-7H2,1H3,(H2,22,23,24,25,26). The molecule has 0 radical (unpaired) electrons. The molecule has 152 valence electrons. The number of likely N-dealkylation sites (tertiary alicyclic amines) is 1. The molecule has 0 bridgehead atoms. The molecule has 0 aliphatic carbocycles. The molecule has 1 aliphatic heterocycles. The highest BCUT2D eigenvalue weighted by molar-refractivity contribution is 6.36. The smallest absolute Gasteiger partial charge is 0.273 e. The number of hydrogen-bond acceptors (Lipinski definition) is 7. The van der Waals surface area contributed by atoms with E-state index in [0.29, 0.717) is 46.2 Å². The molecule has 1 aromatic carbocycles. The Kier molecular flexibility index (Phi) is 4.48. The van der Waals surface area contributed by atoms with Crippen molar-refractivity contribution in [2.24, 2.45) is 0 Å². The fraction of sp³-hybridized carbons (Fsp3) is 0.250. The summed E-state index contributed by atoms with van der Waals surface area (Å²) >= 11 is 6.41. The van der Waals surface area contributed by atoms with Crippen LogP contribution in [0.15, 0.2) is 36.9 Å². The van der Waals surface area contributed by atoms with E-state index in [-0.39, 0.29) is 17.6 Å². The lowest BCUT2D eigenvalue weighted by Gasteiger charge is -2.35. The second-order valence-corrected chi connectivity index (χ2v) is 7.69. The van der Waals surface area contributed by atoms with Crippen molar-refractivity contribution in [1.82, 2.24) is 29.8 Å². The minimum absolute atomic E-state index is 0.245. The second-order valence-electron chi connectivity index (χ2n) is 7.29. The number of imidazole rings is 1. The zero-order valence-corrected chi connectivity index (χ0v) is 16.8. The predicted octanol–water partition coefficient (Wildman–Crippen LogP) is 2.54. The maximum Gasteiger partial charge on any atom is 0.273 e. The maximum absolute atomic E-state index is 13.1. The van der Waals surface area contributed by atoms with E-state index in [1.165, 1.54) is 6.33 Å². The average Bonchev–Trinajstić information content (AvgIpc) is 3.20. The number of benzene rings is 1. The van der Waals surface area contributed by atoms with Gasteiger partial charge in [-0.05, 0) is 24.4 Å². The van der Waals surface area contributed by atoms with Gasteiger partial charge in [-0.1, -0.05) is 23.7 Å². The van der Waals surface area contributed by atoms with Gasteiger partial charge in [0.1, 0.15) is 17.5 Å². The van der Waals surface area contributed by atoms with Gasteiger partial charge >= 0.3 is 0 Å². The Labute approximate surface area is 176 Å². The van der Waals surface area contributed by atoms with Crippen LogP contribution in [0.2, 0.25) is 5.02 Å². The number of carbonyl (C=O) groups excluding carboxylic acids is 1. The van der Waals surface area contributed by atoms with Crippen molar-refractivity contribution in [1.29, 1.82) is 0 Å². The number of H-pyrrole nitrogens is 1. The van der Waals surface area contributed by atoms with Gasteiger partial charge in [-0.3, -0.25) is 4.79 Å². The summed E-state index contributed by atoms with van der Waals surface area (Å²) in [5, 5.41) is 14.8. The molecule has 1 unspecified atom stereocenters. The van der Waals surface area contributed by atoms with Crippen LogP contribution in [-0.2, 0) is 0 Å². The molecule has 3 aromatic heterocycles. The fourth-order valence-corrected chi connectivity index (χ4v) is 3.86. The summed E-state index contributed by atoms with van der Waals surface area (Å²) < 4.78 is 0. The van der Waals surface area contributed by atoms with Crippen LogP contribution >= 0.6 is 11.6 Å². The van der Waals surface area contributed by atoms with Gasteiger partial charge in [-0.2, -0.15) is 0 Å². The van der Waals surface area contributed by atoms with Crippen LogP contribution in [0.1, 0.15) is 29.1 Å². The number of carbonyl (C=O) groups is 1. The van der Waals surface area contributed by atoms with Gasteiger partial charge in [0, 0.05) is 18.5 Å². The van der Waals surface area contributed by atoms with Crippen molar-refractivity contribution >= 4 is 45.3 Å². The number of aromatic nitrogens is 5. The summed E-state index contributed by atoms with van der Waals surface area (Å²) in [6.45, 7) is 2.52. The van der Waals surface area contributed by atoms with Crippen molar-refractivity contribution in [2.45, 2.75) is 19.1 Å². The lowest BCUT2D eigenvalue weighted by atomic mass is 10.0. The number of anilines is 1. The minimum atomic E-state index is -0.492. The molecule has 30 heavy (non-hydrogen) atoms. The topological polar surface area (TPSA) is 120 Å². The molecule has 1 fully saturated rings. The highest BCUT2D eigenvalue weighted by Crippen LogP contribution is 2.31. The average molecular weight is 424 g/mol. The number of aliphatic hydroxyl groups excluding tert-OH is 1. The number of aromatic amines is 1. The van der Waals surface area contributed by atoms with Crippen LogP contribution in [0.25, 0.3) is 21.9 Å². The molecule has 0 spiro atoms. The van der Waals surface area contributed by atoms with E-state index in [9.17, 15) is 9.90 Å². The molecule has 1 aliphatic rings. The highest BCUT2D eigenvalue weighted by atomic mass is 35.5. The Bertz CT molecular complexity index is 1270. The summed E-state index contributed by atoms with van der Waals surface area (Å²) in [4.78, 5) is 34.9. The van der Waals surface area contributed by atoms with E-state index in [4.69, 9.17) is 11.6 Å². The van der Waals surface area contributed by atoms with E-state index in [0.717, 1.165) is 5.39 Å². The largest absolute Gasteiger partial charge is 0.389 e. The van der Waals surface area contributed by atoms with Crippen LogP contribution in [0.4, 0.5) is 5.82 Å². The Hall–Kier alpha value is -3.30. The normalized spacial score (nSPS) is 15.4. The third-order valence-corrected chi connectivity index (χ3v) is 5.51. The first kappa shape index (κ1) is 18.7. The van der Waals surface area contributed by atoms with Crippen LogP contribution in [0.5, 0.6) is 0 Å². The number of fused-ring (bicyclic) bond motifs is 2. The molecule has 1 atom stereocenters. The Balaban J connectivity index is 1.55. The second kappa shape index (κ2) is 7.19. The molecule has 4 aromatic rings. The molecule has 1 saturated heterocycles. The molecular weight excluding hydrogens is 406 g/mol. The van der Waals surface area contributed by atoms with Gasteiger partial charge in [-0.15, -0.1) is 0 Å². The monoisotopic (exact) mass is 423 g/mol. The van der Waals surface area contributed by atoms with Gasteiger partial charge in [0.2, 0.25) is 0 Å². The lowest BCUT2D eigenvalue weighted by molar-refractivity contribution is 0.00563.